The van der Waals surface area contributed by atoms with Crippen molar-refractivity contribution in [3.63, 3.8) is 0 Å². The van der Waals surface area contributed by atoms with E-state index in [1.54, 1.807) is 28.4 Å². The third-order valence-corrected chi connectivity index (χ3v) is 7.87. The maximum atomic E-state index is 13.3. The first kappa shape index (κ1) is 21.8. The number of rotatable bonds is 3. The molecule has 1 aliphatic rings. The molecule has 1 aliphatic heterocycles. The highest BCUT2D eigenvalue weighted by atomic mass is 32.1. The van der Waals surface area contributed by atoms with Gasteiger partial charge in [-0.05, 0) is 47.9 Å². The van der Waals surface area contributed by atoms with Gasteiger partial charge in [-0.25, -0.2) is 9.78 Å². The van der Waals surface area contributed by atoms with E-state index in [2.05, 4.69) is 26.0 Å². The number of ether oxygens (including phenoxy) is 1. The third-order valence-electron chi connectivity index (χ3n) is 6.79. The molecule has 3 heterocycles. The van der Waals surface area contributed by atoms with Crippen LogP contribution in [0.15, 0.2) is 63.8 Å². The van der Waals surface area contributed by atoms with Crippen molar-refractivity contribution in [3.8, 4) is 5.19 Å². The van der Waals surface area contributed by atoms with Crippen LogP contribution >= 0.6 is 11.3 Å². The molecule has 5 aromatic rings. The number of nitrogens with zero attached hydrogens (tertiary/aromatic N) is 2. The Hall–Kier alpha value is -3.71. The van der Waals surface area contributed by atoms with Gasteiger partial charge in [0.2, 0.25) is 0 Å². The molecule has 6 rings (SSSR count). The molecule has 0 spiro atoms. The van der Waals surface area contributed by atoms with Gasteiger partial charge in [-0.3, -0.25) is 4.79 Å². The van der Waals surface area contributed by atoms with Gasteiger partial charge in [0, 0.05) is 31.3 Å². The van der Waals surface area contributed by atoms with Gasteiger partial charge in [0.05, 0.1) is 10.2 Å². The molecule has 3 aromatic carbocycles. The lowest BCUT2D eigenvalue weighted by Crippen LogP contribution is -2.43. The molecule has 0 N–H and O–H groups in total. The fourth-order valence-corrected chi connectivity index (χ4v) is 5.83. The van der Waals surface area contributed by atoms with E-state index in [4.69, 9.17) is 14.1 Å². The van der Waals surface area contributed by atoms with Gasteiger partial charge in [0.25, 0.3) is 11.1 Å². The lowest BCUT2D eigenvalue weighted by Gasteiger charge is -2.31. The molecule has 0 saturated carbocycles. The average molecular weight is 485 g/mol. The van der Waals surface area contributed by atoms with Crippen LogP contribution in [0, 0.1) is 13.8 Å². The highest BCUT2D eigenvalue weighted by Gasteiger charge is 2.28. The maximum Gasteiger partial charge on any atom is 0.349 e. The van der Waals surface area contributed by atoms with Crippen molar-refractivity contribution >= 4 is 49.2 Å². The molecule has 0 aliphatic carbocycles. The van der Waals surface area contributed by atoms with Crippen molar-refractivity contribution in [2.24, 2.45) is 0 Å². The Kier molecular flexibility index (Phi) is 5.29. The van der Waals surface area contributed by atoms with Crippen LogP contribution < -0.4 is 10.4 Å². The predicted molar refractivity (Wildman–Crippen MR) is 139 cm³/mol. The number of carbonyl (C=O) groups is 1. The van der Waals surface area contributed by atoms with E-state index in [1.807, 2.05) is 30.3 Å². The highest BCUT2D eigenvalue weighted by molar-refractivity contribution is 7.20. The number of hydrogen-bond acceptors (Lipinski definition) is 6. The van der Waals surface area contributed by atoms with E-state index in [0.29, 0.717) is 36.7 Å². The summed E-state index contributed by atoms with van der Waals surface area (Å²) in [6, 6.07) is 17.4. The van der Waals surface area contributed by atoms with Gasteiger partial charge < -0.3 is 14.1 Å². The molecule has 0 radical (unpaired) electrons. The van der Waals surface area contributed by atoms with E-state index in [-0.39, 0.29) is 17.6 Å². The van der Waals surface area contributed by atoms with Gasteiger partial charge in [0.1, 0.15) is 17.3 Å². The minimum atomic E-state index is -0.601. The average Bonchev–Trinajstić information content (AvgIpc) is 3.31. The number of hydrogen-bond donors (Lipinski definition) is 0. The lowest BCUT2D eigenvalue weighted by molar-refractivity contribution is 0.0592. The first-order chi connectivity index (χ1) is 17.0. The van der Waals surface area contributed by atoms with Crippen LogP contribution in [-0.4, -0.2) is 35.0 Å². The second kappa shape index (κ2) is 8.50. The van der Waals surface area contributed by atoms with Gasteiger partial charge in [-0.15, -0.1) is 0 Å². The van der Waals surface area contributed by atoms with Gasteiger partial charge >= 0.3 is 5.63 Å². The topological polar surface area (TPSA) is 72.6 Å². The van der Waals surface area contributed by atoms with Crippen molar-refractivity contribution < 1.29 is 13.9 Å². The molecule has 0 bridgehead atoms. The summed E-state index contributed by atoms with van der Waals surface area (Å²) in [5.74, 6) is -0.293. The molecule has 1 amide bonds. The molecular weight excluding hydrogens is 460 g/mol. The number of likely N-dealkylation sites (tertiary alicyclic amines) is 1. The second-order valence-electron chi connectivity index (χ2n) is 9.11. The minimum absolute atomic E-state index is 0.0165. The minimum Gasteiger partial charge on any atom is -0.467 e. The summed E-state index contributed by atoms with van der Waals surface area (Å²) in [7, 11) is 0. The zero-order valence-corrected chi connectivity index (χ0v) is 20.4. The van der Waals surface area contributed by atoms with E-state index in [1.165, 1.54) is 5.56 Å². The van der Waals surface area contributed by atoms with Gasteiger partial charge in [-0.1, -0.05) is 53.8 Å². The molecule has 35 heavy (non-hydrogen) atoms. The van der Waals surface area contributed by atoms with E-state index in [0.717, 1.165) is 31.9 Å². The lowest BCUT2D eigenvalue weighted by atomic mass is 10.0. The van der Waals surface area contributed by atoms with Gasteiger partial charge in [0.15, 0.2) is 0 Å². The Morgan fingerprint density at radius 1 is 1.03 bits per heavy atom. The fourth-order valence-electron chi connectivity index (χ4n) is 4.80. The van der Waals surface area contributed by atoms with Crippen LogP contribution in [0.3, 0.4) is 0 Å². The van der Waals surface area contributed by atoms with Gasteiger partial charge in [-0.2, -0.15) is 0 Å². The highest BCUT2D eigenvalue weighted by Crippen LogP contribution is 2.34. The Balaban J connectivity index is 1.20. The predicted octanol–water partition coefficient (Wildman–Crippen LogP) is 5.86. The van der Waals surface area contributed by atoms with Crippen LogP contribution in [0.25, 0.3) is 32.0 Å². The molecule has 1 saturated heterocycles. The number of fused-ring (bicyclic) bond motifs is 4. The standard InChI is InChI=1S/C28H24N2O4S/c1-16-7-8-17(2)25-24(16)29-28(35-25)33-19-11-13-30(14-12-19)26(31)22-15-21-20-6-4-3-5-18(20)9-10-23(21)34-27(22)32/h3-10,15,19H,11-14H2,1-2H3. The van der Waals surface area contributed by atoms with Crippen LogP contribution in [0.4, 0.5) is 0 Å². The summed E-state index contributed by atoms with van der Waals surface area (Å²) in [5, 5.41) is 3.43. The summed E-state index contributed by atoms with van der Waals surface area (Å²) in [6.07, 6.45) is 1.35. The summed E-state index contributed by atoms with van der Waals surface area (Å²) < 4.78 is 12.9. The Morgan fingerprint density at radius 3 is 2.60 bits per heavy atom. The van der Waals surface area contributed by atoms with E-state index in [9.17, 15) is 9.59 Å². The number of aromatic nitrogens is 1. The first-order valence-corrected chi connectivity index (χ1v) is 12.6. The summed E-state index contributed by atoms with van der Waals surface area (Å²) in [4.78, 5) is 32.3. The van der Waals surface area contributed by atoms with Crippen LogP contribution in [0.2, 0.25) is 0 Å². The zero-order valence-electron chi connectivity index (χ0n) is 19.5. The molecule has 0 atom stereocenters. The molecule has 1 fully saturated rings. The number of carbonyl (C=O) groups excluding carboxylic acids is 1. The normalized spacial score (nSPS) is 14.7. The number of thiazole rings is 1. The van der Waals surface area contributed by atoms with Crippen molar-refractivity contribution in [2.75, 3.05) is 13.1 Å². The monoisotopic (exact) mass is 484 g/mol. The third kappa shape index (κ3) is 3.86. The zero-order chi connectivity index (χ0) is 24.1. The molecule has 176 valence electrons. The SMILES string of the molecule is Cc1ccc(C)c2sc(OC3CCN(C(=O)c4cc5c(ccc6ccccc65)oc4=O)CC3)nc12. The molecule has 2 aromatic heterocycles. The molecule has 0 unspecified atom stereocenters. The van der Waals surface area contributed by atoms with Crippen molar-refractivity contribution in [2.45, 2.75) is 32.8 Å². The summed E-state index contributed by atoms with van der Waals surface area (Å²) in [6.45, 7) is 5.17. The van der Waals surface area contributed by atoms with Crippen LogP contribution in [0.1, 0.15) is 34.3 Å². The Labute approximate surface area is 205 Å². The fraction of sp³-hybridized carbons (Fsp3) is 0.250. The number of amides is 1. The molecule has 7 heteroatoms. The maximum absolute atomic E-state index is 13.3. The van der Waals surface area contributed by atoms with Crippen LogP contribution in [0.5, 0.6) is 5.19 Å². The largest absolute Gasteiger partial charge is 0.467 e. The smallest absolute Gasteiger partial charge is 0.349 e. The van der Waals surface area contributed by atoms with E-state index >= 15 is 0 Å². The first-order valence-electron chi connectivity index (χ1n) is 11.8. The Morgan fingerprint density at radius 2 is 1.80 bits per heavy atom. The summed E-state index contributed by atoms with van der Waals surface area (Å²) >= 11 is 1.57. The van der Waals surface area contributed by atoms with Crippen molar-refractivity contribution in [1.82, 2.24) is 9.88 Å². The summed E-state index contributed by atoms with van der Waals surface area (Å²) in [5.41, 5.74) is 3.29. The van der Waals surface area contributed by atoms with Crippen molar-refractivity contribution in [3.05, 3.63) is 81.7 Å². The number of piperidine rings is 1. The van der Waals surface area contributed by atoms with Crippen LogP contribution in [-0.2, 0) is 0 Å². The Bertz CT molecular complexity index is 1620. The second-order valence-corrected chi connectivity index (χ2v) is 10.1. The number of aryl methyl sites for hydroxylation is 2. The molecular formula is C28H24N2O4S. The van der Waals surface area contributed by atoms with Crippen molar-refractivity contribution in [1.29, 1.82) is 0 Å². The van der Waals surface area contributed by atoms with E-state index < -0.39 is 5.63 Å². The molecule has 6 nitrogen and oxygen atoms in total. The quantitative estimate of drug-likeness (QED) is 0.237. The number of benzene rings is 3.